The molecule has 0 radical (unpaired) electrons. The highest BCUT2D eigenvalue weighted by Gasteiger charge is 2.45. The van der Waals surface area contributed by atoms with Gasteiger partial charge < -0.3 is 15.7 Å². The van der Waals surface area contributed by atoms with Crippen molar-refractivity contribution in [1.29, 1.82) is 0 Å². The van der Waals surface area contributed by atoms with E-state index in [4.69, 9.17) is 5.11 Å². The van der Waals surface area contributed by atoms with E-state index in [1.807, 2.05) is 0 Å². The summed E-state index contributed by atoms with van der Waals surface area (Å²) in [6.07, 6.45) is 0.999. The molecular weight excluding hydrogens is 282 g/mol. The van der Waals surface area contributed by atoms with Crippen molar-refractivity contribution in [2.45, 2.75) is 20.3 Å². The van der Waals surface area contributed by atoms with Gasteiger partial charge in [0, 0.05) is 12.6 Å². The summed E-state index contributed by atoms with van der Waals surface area (Å²) < 4.78 is 26.2. The monoisotopic (exact) mass is 298 g/mol. The van der Waals surface area contributed by atoms with Gasteiger partial charge in [-0.1, -0.05) is 13.8 Å². The lowest BCUT2D eigenvalue weighted by atomic mass is 10.1. The first-order valence-corrected chi connectivity index (χ1v) is 6.48. The molecule has 2 amide bonds. The first kappa shape index (κ1) is 15.2. The topological polar surface area (TPSA) is 78.4 Å². The molecule has 1 unspecified atom stereocenters. The van der Waals surface area contributed by atoms with Crippen molar-refractivity contribution in [3.8, 4) is 0 Å². The van der Waals surface area contributed by atoms with Crippen LogP contribution in [0.25, 0.3) is 0 Å². The van der Waals surface area contributed by atoms with Gasteiger partial charge in [0.1, 0.15) is 0 Å². The number of benzene rings is 1. The highest BCUT2D eigenvalue weighted by Crippen LogP contribution is 2.50. The largest absolute Gasteiger partial charge is 0.478 e. The minimum Gasteiger partial charge on any atom is -0.478 e. The van der Waals surface area contributed by atoms with Crippen LogP contribution in [-0.2, 0) is 0 Å². The van der Waals surface area contributed by atoms with Crippen molar-refractivity contribution in [1.82, 2.24) is 5.32 Å². The second-order valence-corrected chi connectivity index (χ2v) is 5.84. The van der Waals surface area contributed by atoms with E-state index in [1.54, 1.807) is 0 Å². The van der Waals surface area contributed by atoms with Crippen molar-refractivity contribution in [3.63, 3.8) is 0 Å². The average Bonchev–Trinajstić information content (AvgIpc) is 2.98. The van der Waals surface area contributed by atoms with Crippen LogP contribution in [0.1, 0.15) is 30.6 Å². The highest BCUT2D eigenvalue weighted by molar-refractivity contribution is 6.00. The Balaban J connectivity index is 2.03. The summed E-state index contributed by atoms with van der Waals surface area (Å²) in [4.78, 5) is 22.7. The molecule has 21 heavy (non-hydrogen) atoms. The molecule has 3 N–H and O–H groups in total. The second kappa shape index (κ2) is 5.31. The summed E-state index contributed by atoms with van der Waals surface area (Å²) in [5, 5.41) is 13.8. The van der Waals surface area contributed by atoms with Crippen LogP contribution in [0.15, 0.2) is 12.1 Å². The van der Waals surface area contributed by atoms with Gasteiger partial charge in [-0.15, -0.1) is 0 Å². The number of carbonyl (C=O) groups excluding carboxylic acids is 1. The quantitative estimate of drug-likeness (QED) is 0.799. The van der Waals surface area contributed by atoms with Crippen LogP contribution in [0.4, 0.5) is 19.3 Å². The Morgan fingerprint density at radius 2 is 1.90 bits per heavy atom. The van der Waals surface area contributed by atoms with E-state index < -0.39 is 29.2 Å². The Bertz CT molecular complexity index is 602. The Morgan fingerprint density at radius 3 is 2.43 bits per heavy atom. The van der Waals surface area contributed by atoms with Gasteiger partial charge in [-0.05, 0) is 23.8 Å². The third kappa shape index (κ3) is 3.48. The maximum Gasteiger partial charge on any atom is 0.337 e. The molecule has 2 rings (SSSR count). The Morgan fingerprint density at radius 1 is 1.33 bits per heavy atom. The first-order valence-electron chi connectivity index (χ1n) is 6.48. The summed E-state index contributed by atoms with van der Waals surface area (Å²) in [5.41, 5.74) is -0.591. The van der Waals surface area contributed by atoms with Gasteiger partial charge in [-0.25, -0.2) is 18.4 Å². The van der Waals surface area contributed by atoms with Crippen LogP contribution in [0.5, 0.6) is 0 Å². The standard InChI is InChI=1S/C14H16F2N2O3/c1-14(2)5-7(14)6-17-13(21)18-11-4-10(16)9(15)3-8(11)12(19)20/h3-4,7H,5-6H2,1-2H3,(H,19,20)(H2,17,18,21). The number of carboxylic acid groups (broad SMARTS) is 1. The number of hydrogen-bond acceptors (Lipinski definition) is 2. The van der Waals surface area contributed by atoms with Crippen molar-refractivity contribution in [2.24, 2.45) is 11.3 Å². The molecule has 0 heterocycles. The summed E-state index contributed by atoms with van der Waals surface area (Å²) in [5.74, 6) is -3.59. The predicted molar refractivity (Wildman–Crippen MR) is 72.2 cm³/mol. The van der Waals surface area contributed by atoms with Crippen LogP contribution in [0.2, 0.25) is 0 Å². The van der Waals surface area contributed by atoms with Crippen LogP contribution in [0, 0.1) is 23.0 Å². The summed E-state index contributed by atoms with van der Waals surface area (Å²) >= 11 is 0. The highest BCUT2D eigenvalue weighted by atomic mass is 19.2. The molecule has 5 nitrogen and oxygen atoms in total. The number of anilines is 1. The van der Waals surface area contributed by atoms with E-state index in [2.05, 4.69) is 24.5 Å². The maximum absolute atomic E-state index is 13.2. The number of hydrogen-bond donors (Lipinski definition) is 3. The van der Waals surface area contributed by atoms with Gasteiger partial charge in [-0.3, -0.25) is 0 Å². The molecule has 114 valence electrons. The first-order chi connectivity index (χ1) is 9.70. The van der Waals surface area contributed by atoms with Crippen molar-refractivity contribution >= 4 is 17.7 Å². The molecule has 7 heteroatoms. The molecule has 1 aliphatic carbocycles. The van der Waals surface area contributed by atoms with Crippen LogP contribution in [-0.4, -0.2) is 23.7 Å². The summed E-state index contributed by atoms with van der Waals surface area (Å²) in [7, 11) is 0. The number of rotatable bonds is 4. The zero-order valence-corrected chi connectivity index (χ0v) is 11.7. The van der Waals surface area contributed by atoms with Crippen molar-refractivity contribution < 1.29 is 23.5 Å². The number of carboxylic acids is 1. The Hall–Kier alpha value is -2.18. The van der Waals surface area contributed by atoms with E-state index in [0.29, 0.717) is 24.6 Å². The Kier molecular flexibility index (Phi) is 3.85. The van der Waals surface area contributed by atoms with Gasteiger partial charge in [0.2, 0.25) is 0 Å². The molecule has 1 aromatic rings. The van der Waals surface area contributed by atoms with Crippen molar-refractivity contribution in [3.05, 3.63) is 29.3 Å². The van der Waals surface area contributed by atoms with Gasteiger partial charge in [0.15, 0.2) is 11.6 Å². The zero-order valence-electron chi connectivity index (χ0n) is 11.7. The maximum atomic E-state index is 13.2. The van der Waals surface area contributed by atoms with E-state index in [9.17, 15) is 18.4 Å². The van der Waals surface area contributed by atoms with Gasteiger partial charge in [0.25, 0.3) is 0 Å². The fraction of sp³-hybridized carbons (Fsp3) is 0.429. The lowest BCUT2D eigenvalue weighted by Crippen LogP contribution is -2.31. The second-order valence-electron chi connectivity index (χ2n) is 5.84. The van der Waals surface area contributed by atoms with Crippen molar-refractivity contribution in [2.75, 3.05) is 11.9 Å². The molecule has 1 aliphatic rings. The minimum absolute atomic E-state index is 0.196. The predicted octanol–water partition coefficient (Wildman–Crippen LogP) is 2.83. The van der Waals surface area contributed by atoms with Crippen LogP contribution >= 0.6 is 0 Å². The molecule has 1 fully saturated rings. The van der Waals surface area contributed by atoms with Gasteiger partial charge in [-0.2, -0.15) is 0 Å². The summed E-state index contributed by atoms with van der Waals surface area (Å²) in [6, 6.07) is 0.544. The lowest BCUT2D eigenvalue weighted by molar-refractivity contribution is 0.0697. The molecule has 0 aliphatic heterocycles. The molecule has 1 saturated carbocycles. The summed E-state index contributed by atoms with van der Waals surface area (Å²) in [6.45, 7) is 4.61. The smallest absolute Gasteiger partial charge is 0.337 e. The van der Waals surface area contributed by atoms with Gasteiger partial charge in [0.05, 0.1) is 11.3 Å². The fourth-order valence-corrected chi connectivity index (χ4v) is 2.13. The zero-order chi connectivity index (χ0) is 15.8. The molecule has 0 saturated heterocycles. The van der Waals surface area contributed by atoms with E-state index >= 15 is 0 Å². The van der Waals surface area contributed by atoms with E-state index in [0.717, 1.165) is 6.42 Å². The Labute approximate surface area is 120 Å². The van der Waals surface area contributed by atoms with Gasteiger partial charge >= 0.3 is 12.0 Å². The number of aromatic carboxylic acids is 1. The van der Waals surface area contributed by atoms with Crippen LogP contribution in [0.3, 0.4) is 0 Å². The molecule has 1 aromatic carbocycles. The lowest BCUT2D eigenvalue weighted by Gasteiger charge is -2.11. The molecule has 0 spiro atoms. The molecular formula is C14H16F2N2O3. The minimum atomic E-state index is -1.45. The number of halogens is 2. The molecule has 0 aromatic heterocycles. The number of urea groups is 1. The third-order valence-electron chi connectivity index (χ3n) is 3.77. The van der Waals surface area contributed by atoms with E-state index in [1.165, 1.54) is 0 Å². The number of carbonyl (C=O) groups is 2. The van der Waals surface area contributed by atoms with Crippen LogP contribution < -0.4 is 10.6 Å². The SMILES string of the molecule is CC1(C)CC1CNC(=O)Nc1cc(F)c(F)cc1C(=O)O. The normalized spacial score (nSPS) is 19.0. The number of amides is 2. The third-order valence-corrected chi connectivity index (χ3v) is 3.77. The molecule has 1 atom stereocenters. The fourth-order valence-electron chi connectivity index (χ4n) is 2.13. The average molecular weight is 298 g/mol. The number of nitrogens with one attached hydrogen (secondary N) is 2. The van der Waals surface area contributed by atoms with E-state index in [-0.39, 0.29) is 11.1 Å². The molecule has 0 bridgehead atoms.